The molecule has 0 unspecified atom stereocenters. The predicted molar refractivity (Wildman–Crippen MR) is 68.6 cm³/mol. The maximum Gasteiger partial charge on any atom is 0.273 e. The third kappa shape index (κ3) is 2.51. The highest BCUT2D eigenvalue weighted by Crippen LogP contribution is 2.26. The summed E-state index contributed by atoms with van der Waals surface area (Å²) in [5.74, 6) is 0.372. The molecule has 0 saturated carbocycles. The summed E-state index contributed by atoms with van der Waals surface area (Å²) >= 11 is 0. The smallest absolute Gasteiger partial charge is 0.273 e. The van der Waals surface area contributed by atoms with E-state index >= 15 is 0 Å². The lowest BCUT2D eigenvalue weighted by Gasteiger charge is -2.23. The number of rotatable bonds is 2. The van der Waals surface area contributed by atoms with Crippen LogP contribution >= 0.6 is 0 Å². The van der Waals surface area contributed by atoms with Gasteiger partial charge in [0.1, 0.15) is 5.69 Å². The van der Waals surface area contributed by atoms with Crippen LogP contribution in [0.3, 0.4) is 0 Å². The Morgan fingerprint density at radius 3 is 2.32 bits per heavy atom. The number of nitrogens with zero attached hydrogens (tertiary/aromatic N) is 5. The van der Waals surface area contributed by atoms with Gasteiger partial charge >= 0.3 is 0 Å². The van der Waals surface area contributed by atoms with E-state index in [0.717, 1.165) is 0 Å². The number of nitrogens with two attached hydrogens (primary N) is 1. The number of aryl methyl sites for hydroxylation is 1. The lowest BCUT2D eigenvalue weighted by molar-refractivity contribution is 0.365. The molecule has 0 spiro atoms. The van der Waals surface area contributed by atoms with Crippen molar-refractivity contribution in [3.8, 4) is 11.5 Å². The highest BCUT2D eigenvalue weighted by Gasteiger charge is 2.30. The summed E-state index contributed by atoms with van der Waals surface area (Å²) in [6.45, 7) is 5.53. The van der Waals surface area contributed by atoms with Crippen LogP contribution in [0.1, 0.15) is 20.8 Å². The van der Waals surface area contributed by atoms with Crippen molar-refractivity contribution < 1.29 is 8.42 Å². The molecule has 8 nitrogen and oxygen atoms in total. The van der Waals surface area contributed by atoms with Crippen molar-refractivity contribution >= 4 is 10.0 Å². The first-order valence-electron chi connectivity index (χ1n) is 5.59. The lowest BCUT2D eigenvalue weighted by Crippen LogP contribution is -2.29. The second-order valence-electron chi connectivity index (χ2n) is 5.23. The molecule has 0 atom stereocenters. The van der Waals surface area contributed by atoms with Crippen LogP contribution in [0.4, 0.5) is 0 Å². The summed E-state index contributed by atoms with van der Waals surface area (Å²) in [6.07, 6.45) is 1.74. The molecule has 0 saturated heterocycles. The van der Waals surface area contributed by atoms with E-state index in [9.17, 15) is 8.42 Å². The molecule has 2 heterocycles. The van der Waals surface area contributed by atoms with E-state index in [1.807, 2.05) is 20.8 Å². The zero-order valence-electron chi connectivity index (χ0n) is 11.2. The molecule has 9 heteroatoms. The number of aromatic nitrogens is 5. The van der Waals surface area contributed by atoms with Crippen molar-refractivity contribution in [1.29, 1.82) is 0 Å². The normalized spacial score (nSPS) is 12.9. The van der Waals surface area contributed by atoms with Crippen molar-refractivity contribution in [3.05, 3.63) is 12.3 Å². The molecular formula is C10H16N6O2S. The Bertz CT molecular complexity index is 707. The van der Waals surface area contributed by atoms with E-state index in [0.29, 0.717) is 11.5 Å². The third-order valence-electron chi connectivity index (χ3n) is 2.50. The average molecular weight is 284 g/mol. The van der Waals surface area contributed by atoms with Gasteiger partial charge in [-0.1, -0.05) is 0 Å². The second kappa shape index (κ2) is 4.14. The molecule has 19 heavy (non-hydrogen) atoms. The minimum atomic E-state index is -3.94. The molecule has 104 valence electrons. The first kappa shape index (κ1) is 13.7. The van der Waals surface area contributed by atoms with E-state index in [-0.39, 0.29) is 5.16 Å². The van der Waals surface area contributed by atoms with Gasteiger partial charge in [0.05, 0.1) is 0 Å². The topological polar surface area (TPSA) is 109 Å². The highest BCUT2D eigenvalue weighted by molar-refractivity contribution is 7.89. The monoisotopic (exact) mass is 284 g/mol. The molecule has 0 aliphatic rings. The molecule has 2 aromatic rings. The largest absolute Gasteiger partial charge is 0.290 e. The van der Waals surface area contributed by atoms with E-state index in [1.54, 1.807) is 24.0 Å². The SMILES string of the molecule is Cn1ccc(-c2nnc(S(N)(=O)=O)n2C(C)(C)C)n1. The Morgan fingerprint density at radius 1 is 1.26 bits per heavy atom. The van der Waals surface area contributed by atoms with Gasteiger partial charge in [0.15, 0.2) is 5.82 Å². The van der Waals surface area contributed by atoms with E-state index in [4.69, 9.17) is 5.14 Å². The quantitative estimate of drug-likeness (QED) is 0.840. The number of hydrogen-bond acceptors (Lipinski definition) is 5. The van der Waals surface area contributed by atoms with Crippen LogP contribution in [0.2, 0.25) is 0 Å². The van der Waals surface area contributed by atoms with Crippen molar-refractivity contribution in [2.75, 3.05) is 0 Å². The van der Waals surface area contributed by atoms with Gasteiger partial charge in [0.25, 0.3) is 15.2 Å². The fraction of sp³-hybridized carbons (Fsp3) is 0.500. The minimum Gasteiger partial charge on any atom is -0.290 e. The lowest BCUT2D eigenvalue weighted by atomic mass is 10.1. The standard InChI is InChI=1S/C10H16N6O2S/c1-10(2,3)16-8(7-5-6-15(4)14-7)12-13-9(16)19(11,17)18/h5-6H,1-4H3,(H2,11,17,18). The summed E-state index contributed by atoms with van der Waals surface area (Å²) in [7, 11) is -2.18. The van der Waals surface area contributed by atoms with Gasteiger partial charge < -0.3 is 0 Å². The van der Waals surface area contributed by atoms with Crippen molar-refractivity contribution in [3.63, 3.8) is 0 Å². The fourth-order valence-electron chi connectivity index (χ4n) is 1.76. The first-order valence-corrected chi connectivity index (χ1v) is 7.14. The van der Waals surface area contributed by atoms with Crippen molar-refractivity contribution in [1.82, 2.24) is 24.5 Å². The summed E-state index contributed by atoms with van der Waals surface area (Å²) < 4.78 is 26.2. The van der Waals surface area contributed by atoms with Gasteiger partial charge in [-0.25, -0.2) is 13.6 Å². The molecule has 0 bridgehead atoms. The zero-order valence-corrected chi connectivity index (χ0v) is 12.0. The van der Waals surface area contributed by atoms with Crippen molar-refractivity contribution in [2.45, 2.75) is 31.5 Å². The molecule has 2 aromatic heterocycles. The summed E-state index contributed by atoms with van der Waals surface area (Å²) in [5, 5.41) is 16.7. The molecular weight excluding hydrogens is 268 g/mol. The van der Waals surface area contributed by atoms with Gasteiger partial charge in [-0.05, 0) is 26.8 Å². The molecule has 0 aliphatic carbocycles. The second-order valence-corrected chi connectivity index (χ2v) is 6.69. The van der Waals surface area contributed by atoms with Gasteiger partial charge in [0, 0.05) is 18.8 Å². The molecule has 0 aromatic carbocycles. The van der Waals surface area contributed by atoms with Gasteiger partial charge in [-0.15, -0.1) is 10.2 Å². The van der Waals surface area contributed by atoms with Crippen molar-refractivity contribution in [2.24, 2.45) is 12.2 Å². The zero-order chi connectivity index (χ0) is 14.4. The molecule has 2 rings (SSSR count). The van der Waals surface area contributed by atoms with Crippen LogP contribution in [-0.4, -0.2) is 33.0 Å². The van der Waals surface area contributed by atoms with Crippen LogP contribution in [0.25, 0.3) is 11.5 Å². The van der Waals surface area contributed by atoms with Crippen LogP contribution in [0, 0.1) is 0 Å². The predicted octanol–water partition coefficient (Wildman–Crippen LogP) is 0.0810. The fourth-order valence-corrected chi connectivity index (χ4v) is 2.53. The van der Waals surface area contributed by atoms with Gasteiger partial charge in [0.2, 0.25) is 0 Å². The number of primary sulfonamides is 1. The molecule has 0 amide bonds. The summed E-state index contributed by atoms with van der Waals surface area (Å²) in [6, 6.07) is 1.74. The Kier molecular flexibility index (Phi) is 2.98. The van der Waals surface area contributed by atoms with E-state index < -0.39 is 15.6 Å². The van der Waals surface area contributed by atoms with E-state index in [1.165, 1.54) is 4.57 Å². The number of sulfonamides is 1. The van der Waals surface area contributed by atoms with Crippen LogP contribution in [-0.2, 0) is 22.6 Å². The van der Waals surface area contributed by atoms with Gasteiger partial charge in [-0.2, -0.15) is 5.10 Å². The van der Waals surface area contributed by atoms with Crippen LogP contribution < -0.4 is 5.14 Å². The minimum absolute atomic E-state index is 0.263. The maximum atomic E-state index is 11.6. The van der Waals surface area contributed by atoms with Crippen LogP contribution in [0.5, 0.6) is 0 Å². The Labute approximate surface area is 111 Å². The summed E-state index contributed by atoms with van der Waals surface area (Å²) in [5.41, 5.74) is -0.00202. The Morgan fingerprint density at radius 2 is 1.89 bits per heavy atom. The molecule has 2 N–H and O–H groups in total. The average Bonchev–Trinajstić information content (AvgIpc) is 2.79. The molecule has 0 aliphatic heterocycles. The molecule has 0 radical (unpaired) electrons. The van der Waals surface area contributed by atoms with E-state index in [2.05, 4.69) is 15.3 Å². The number of hydrogen-bond donors (Lipinski definition) is 1. The Balaban J connectivity index is 2.74. The third-order valence-corrected chi connectivity index (χ3v) is 3.27. The summed E-state index contributed by atoms with van der Waals surface area (Å²) in [4.78, 5) is 0. The Hall–Kier alpha value is -1.74. The maximum absolute atomic E-state index is 11.6. The van der Waals surface area contributed by atoms with Crippen LogP contribution in [0.15, 0.2) is 17.4 Å². The highest BCUT2D eigenvalue weighted by atomic mass is 32.2. The van der Waals surface area contributed by atoms with Gasteiger partial charge in [-0.3, -0.25) is 9.25 Å². The first-order chi connectivity index (χ1) is 8.60. The molecule has 0 fully saturated rings.